The molecular formula is C23H23F3N2O4. The van der Waals surface area contributed by atoms with Gasteiger partial charge in [-0.3, -0.25) is 14.5 Å². The molecule has 1 saturated heterocycles. The van der Waals surface area contributed by atoms with E-state index in [9.17, 15) is 22.8 Å². The normalized spacial score (nSPS) is 18.1. The average molecular weight is 448 g/mol. The van der Waals surface area contributed by atoms with Crippen molar-refractivity contribution in [3.63, 3.8) is 0 Å². The Hall–Kier alpha value is -3.23. The first-order valence-electron chi connectivity index (χ1n) is 10.4. The van der Waals surface area contributed by atoms with Gasteiger partial charge in [-0.05, 0) is 49.2 Å². The highest BCUT2D eigenvalue weighted by Crippen LogP contribution is 2.47. The summed E-state index contributed by atoms with van der Waals surface area (Å²) in [5, 5.41) is 9.12. The van der Waals surface area contributed by atoms with E-state index in [0.717, 1.165) is 17.8 Å². The van der Waals surface area contributed by atoms with E-state index in [4.69, 9.17) is 9.84 Å². The van der Waals surface area contributed by atoms with Crippen LogP contribution in [0.15, 0.2) is 42.5 Å². The molecule has 4 rings (SSSR count). The summed E-state index contributed by atoms with van der Waals surface area (Å²) in [6, 6.07) is 10.1. The molecule has 9 heteroatoms. The van der Waals surface area contributed by atoms with Gasteiger partial charge < -0.3 is 14.7 Å². The Morgan fingerprint density at radius 1 is 1.12 bits per heavy atom. The van der Waals surface area contributed by atoms with Crippen molar-refractivity contribution in [3.05, 3.63) is 48.0 Å². The third kappa shape index (κ3) is 3.55. The summed E-state index contributed by atoms with van der Waals surface area (Å²) in [5.74, 6) is -1.65. The number of ether oxygens (including phenoxy) is 1. The Labute approximate surface area is 183 Å². The van der Waals surface area contributed by atoms with Crippen LogP contribution >= 0.6 is 0 Å². The molecule has 1 N–H and O–H groups in total. The number of anilines is 3. The van der Waals surface area contributed by atoms with Crippen LogP contribution in [0.2, 0.25) is 0 Å². The number of halogens is 3. The quantitative estimate of drug-likeness (QED) is 0.709. The third-order valence-corrected chi connectivity index (χ3v) is 6.25. The average Bonchev–Trinajstić information content (AvgIpc) is 2.71. The zero-order chi connectivity index (χ0) is 23.3. The second-order valence-electron chi connectivity index (χ2n) is 8.08. The van der Waals surface area contributed by atoms with Crippen LogP contribution in [0.1, 0.15) is 32.3 Å². The molecule has 2 aromatic carbocycles. The van der Waals surface area contributed by atoms with Crippen LogP contribution < -0.4 is 14.5 Å². The number of hydrogen-bond acceptors (Lipinski definition) is 4. The van der Waals surface area contributed by atoms with Crippen molar-refractivity contribution in [2.45, 2.75) is 38.5 Å². The predicted molar refractivity (Wildman–Crippen MR) is 112 cm³/mol. The van der Waals surface area contributed by atoms with Gasteiger partial charge in [0, 0.05) is 18.8 Å². The molecule has 0 aliphatic carbocycles. The molecule has 0 spiro atoms. The van der Waals surface area contributed by atoms with Crippen molar-refractivity contribution in [3.8, 4) is 5.75 Å². The van der Waals surface area contributed by atoms with Crippen molar-refractivity contribution in [2.75, 3.05) is 22.9 Å². The highest BCUT2D eigenvalue weighted by Gasteiger charge is 2.47. The molecule has 0 unspecified atom stereocenters. The minimum Gasteiger partial charge on any atom is -0.481 e. The van der Waals surface area contributed by atoms with Gasteiger partial charge in [-0.1, -0.05) is 19.9 Å². The molecular weight excluding hydrogens is 425 g/mol. The molecule has 0 atom stereocenters. The fourth-order valence-electron chi connectivity index (χ4n) is 4.15. The summed E-state index contributed by atoms with van der Waals surface area (Å²) >= 11 is 0. The Kier molecular flexibility index (Phi) is 5.30. The number of fused-ring (bicyclic) bond motifs is 1. The lowest BCUT2D eigenvalue weighted by Gasteiger charge is -2.43. The van der Waals surface area contributed by atoms with Gasteiger partial charge >= 0.3 is 12.1 Å². The van der Waals surface area contributed by atoms with Crippen LogP contribution in [0.25, 0.3) is 0 Å². The second kappa shape index (κ2) is 7.72. The SMILES string of the molecule is CCC1(CC)Oc2cc(C(F)(F)F)ccc2N(c2cccc(N3CC(C(=O)O)C3)c2)C1=O. The Morgan fingerprint density at radius 3 is 2.38 bits per heavy atom. The molecule has 0 radical (unpaired) electrons. The molecule has 0 bridgehead atoms. The van der Waals surface area contributed by atoms with E-state index in [1.165, 1.54) is 11.0 Å². The monoisotopic (exact) mass is 448 g/mol. The topological polar surface area (TPSA) is 70.1 Å². The number of aliphatic carboxylic acids is 1. The third-order valence-electron chi connectivity index (χ3n) is 6.25. The van der Waals surface area contributed by atoms with Gasteiger partial charge in [-0.25, -0.2) is 0 Å². The fourth-order valence-corrected chi connectivity index (χ4v) is 4.15. The number of carboxylic acids is 1. The van der Waals surface area contributed by atoms with E-state index in [-0.39, 0.29) is 17.3 Å². The summed E-state index contributed by atoms with van der Waals surface area (Å²) in [6.45, 7) is 4.24. The smallest absolute Gasteiger partial charge is 0.416 e. The van der Waals surface area contributed by atoms with Gasteiger partial charge in [-0.2, -0.15) is 13.2 Å². The number of benzene rings is 2. The van der Waals surface area contributed by atoms with Crippen molar-refractivity contribution >= 4 is 28.9 Å². The van der Waals surface area contributed by atoms with Crippen LogP contribution in [0, 0.1) is 5.92 Å². The fraction of sp³-hybridized carbons (Fsp3) is 0.391. The van der Waals surface area contributed by atoms with E-state index in [1.807, 2.05) is 11.0 Å². The number of nitrogens with zero attached hydrogens (tertiary/aromatic N) is 2. The zero-order valence-corrected chi connectivity index (χ0v) is 17.6. The summed E-state index contributed by atoms with van der Waals surface area (Å²) in [4.78, 5) is 28.0. The number of carbonyl (C=O) groups excluding carboxylic acids is 1. The first-order chi connectivity index (χ1) is 15.1. The lowest BCUT2D eigenvalue weighted by atomic mass is 9.92. The van der Waals surface area contributed by atoms with Gasteiger partial charge in [0.2, 0.25) is 0 Å². The number of amides is 1. The largest absolute Gasteiger partial charge is 0.481 e. The molecule has 0 saturated carbocycles. The molecule has 1 amide bonds. The minimum atomic E-state index is -4.54. The predicted octanol–water partition coefficient (Wildman–Crippen LogP) is 4.84. The van der Waals surface area contributed by atoms with Crippen LogP contribution in [0.5, 0.6) is 5.75 Å². The summed E-state index contributed by atoms with van der Waals surface area (Å²) in [5.41, 5.74) is -0.656. The zero-order valence-electron chi connectivity index (χ0n) is 17.6. The lowest BCUT2D eigenvalue weighted by Crippen LogP contribution is -2.54. The summed E-state index contributed by atoms with van der Waals surface area (Å²) in [6.07, 6.45) is -3.95. The van der Waals surface area contributed by atoms with Gasteiger partial charge in [0.15, 0.2) is 5.60 Å². The van der Waals surface area contributed by atoms with Crippen LogP contribution in [-0.2, 0) is 15.8 Å². The van der Waals surface area contributed by atoms with E-state index >= 15 is 0 Å². The number of carbonyl (C=O) groups is 2. The Balaban J connectivity index is 1.77. The van der Waals surface area contributed by atoms with E-state index in [0.29, 0.717) is 31.6 Å². The van der Waals surface area contributed by atoms with Gasteiger partial charge in [0.05, 0.1) is 22.9 Å². The molecule has 2 heterocycles. The molecule has 6 nitrogen and oxygen atoms in total. The summed E-state index contributed by atoms with van der Waals surface area (Å²) < 4.78 is 45.8. The Morgan fingerprint density at radius 2 is 1.78 bits per heavy atom. The highest BCUT2D eigenvalue weighted by atomic mass is 19.4. The molecule has 0 aromatic heterocycles. The molecule has 1 fully saturated rings. The molecule has 2 aromatic rings. The first kappa shape index (κ1) is 22.0. The minimum absolute atomic E-state index is 0.00317. The van der Waals surface area contributed by atoms with Crippen LogP contribution in [0.4, 0.5) is 30.2 Å². The first-order valence-corrected chi connectivity index (χ1v) is 10.4. The number of alkyl halides is 3. The molecule has 32 heavy (non-hydrogen) atoms. The van der Waals surface area contributed by atoms with Crippen molar-refractivity contribution < 1.29 is 32.6 Å². The van der Waals surface area contributed by atoms with Crippen LogP contribution in [0.3, 0.4) is 0 Å². The maximum atomic E-state index is 13.5. The number of carboxylic acid groups (broad SMARTS) is 1. The van der Waals surface area contributed by atoms with Crippen molar-refractivity contribution in [2.24, 2.45) is 5.92 Å². The number of hydrogen-bond donors (Lipinski definition) is 1. The van der Waals surface area contributed by atoms with Gasteiger partial charge in [0.25, 0.3) is 5.91 Å². The van der Waals surface area contributed by atoms with Gasteiger partial charge in [-0.15, -0.1) is 0 Å². The molecule has 2 aliphatic heterocycles. The molecule has 2 aliphatic rings. The lowest BCUT2D eigenvalue weighted by molar-refractivity contribution is -0.142. The molecule has 170 valence electrons. The number of rotatable bonds is 5. The van der Waals surface area contributed by atoms with Crippen molar-refractivity contribution in [1.29, 1.82) is 0 Å². The second-order valence-corrected chi connectivity index (χ2v) is 8.08. The highest BCUT2D eigenvalue weighted by molar-refractivity contribution is 6.08. The van der Waals surface area contributed by atoms with E-state index < -0.39 is 29.2 Å². The maximum absolute atomic E-state index is 13.5. The van der Waals surface area contributed by atoms with E-state index in [2.05, 4.69) is 0 Å². The Bertz CT molecular complexity index is 1060. The summed E-state index contributed by atoms with van der Waals surface area (Å²) in [7, 11) is 0. The van der Waals surface area contributed by atoms with Crippen LogP contribution in [-0.4, -0.2) is 35.7 Å². The van der Waals surface area contributed by atoms with Crippen molar-refractivity contribution in [1.82, 2.24) is 0 Å². The van der Waals surface area contributed by atoms with E-state index in [1.54, 1.807) is 32.0 Å². The maximum Gasteiger partial charge on any atom is 0.416 e. The van der Waals surface area contributed by atoms with Gasteiger partial charge in [0.1, 0.15) is 5.75 Å². The standard InChI is InChI=1S/C23H23F3N2O4/c1-3-22(4-2)21(31)28(18-9-8-15(23(24,25)26)10-19(18)32-22)17-7-5-6-16(11-17)27-12-14(13-27)20(29)30/h5-11,14H,3-4,12-13H2,1-2H3,(H,29,30).